The van der Waals surface area contributed by atoms with Gasteiger partial charge in [0.1, 0.15) is 6.61 Å². The second kappa shape index (κ2) is 13.5. The highest BCUT2D eigenvalue weighted by atomic mass is 35.5. The van der Waals surface area contributed by atoms with Gasteiger partial charge < -0.3 is 14.2 Å². The van der Waals surface area contributed by atoms with E-state index < -0.39 is 35.0 Å². The van der Waals surface area contributed by atoms with Crippen molar-refractivity contribution in [2.45, 2.75) is 32.7 Å². The fraction of sp³-hybridized carbons (Fsp3) is 0.219. The number of halogens is 5. The van der Waals surface area contributed by atoms with E-state index in [-0.39, 0.29) is 33.1 Å². The second-order valence-corrected chi connectivity index (χ2v) is 11.5. The van der Waals surface area contributed by atoms with E-state index in [1.165, 1.54) is 37.3 Å². The summed E-state index contributed by atoms with van der Waals surface area (Å²) in [7, 11) is 0. The number of carbonyl (C=O) groups is 1. The van der Waals surface area contributed by atoms with Gasteiger partial charge in [-0.05, 0) is 60.9 Å². The molecule has 4 aromatic rings. The van der Waals surface area contributed by atoms with Gasteiger partial charge in [0.2, 0.25) is 0 Å². The Morgan fingerprint density at radius 3 is 2.38 bits per heavy atom. The zero-order valence-electron chi connectivity index (χ0n) is 23.9. The monoisotopic (exact) mass is 676 g/mol. The van der Waals surface area contributed by atoms with Crippen molar-refractivity contribution >= 4 is 46.6 Å². The van der Waals surface area contributed by atoms with Gasteiger partial charge in [-0.1, -0.05) is 77.0 Å². The van der Waals surface area contributed by atoms with Crippen LogP contribution < -0.4 is 24.4 Å². The molecule has 0 saturated heterocycles. The third-order valence-electron chi connectivity index (χ3n) is 6.64. The maximum Gasteiger partial charge on any atom is 0.434 e. The number of hydrogen-bond donors (Lipinski definition) is 0. The summed E-state index contributed by atoms with van der Waals surface area (Å²) in [5.41, 5.74) is -1.34. The van der Waals surface area contributed by atoms with Gasteiger partial charge in [-0.3, -0.25) is 9.36 Å². The average molecular weight is 678 g/mol. The summed E-state index contributed by atoms with van der Waals surface area (Å²) in [6.07, 6.45) is -3.54. The molecule has 0 amide bonds. The largest absolute Gasteiger partial charge is 0.490 e. The Bertz CT molecular complexity index is 1940. The molecule has 1 aliphatic heterocycles. The summed E-state index contributed by atoms with van der Waals surface area (Å²) in [6.45, 7) is 3.60. The molecule has 1 aliphatic rings. The van der Waals surface area contributed by atoms with Crippen LogP contribution in [0.15, 0.2) is 87.8 Å². The lowest BCUT2D eigenvalue weighted by atomic mass is 9.95. The molecule has 2 heterocycles. The van der Waals surface area contributed by atoms with Gasteiger partial charge in [0.05, 0.1) is 34.4 Å². The van der Waals surface area contributed by atoms with E-state index in [1.807, 2.05) is 30.3 Å². The number of hydrogen-bond acceptors (Lipinski definition) is 7. The predicted octanol–water partition coefficient (Wildman–Crippen LogP) is 6.63. The van der Waals surface area contributed by atoms with Crippen LogP contribution in [0.2, 0.25) is 10.0 Å². The Balaban J connectivity index is 1.66. The number of fused-ring (bicyclic) bond motifs is 1. The number of rotatable bonds is 9. The topological polar surface area (TPSA) is 79.1 Å². The standard InChI is InChI=1S/C32H25Cl2F3N2O5S/c1-3-42-23-15-19(14-22(34)27(23)44-17-18-8-6-5-7-9-18)16-24-29(40)39-26(20-10-12-21(33)13-11-20)25(30(41)43-4-2)28(32(35,36)37)38-31(39)45-24/h5-16,26H,3-4,17H2,1-2H3/b24-16-/t26-/m0/s1. The van der Waals surface area contributed by atoms with Crippen LogP contribution in [0.25, 0.3) is 6.08 Å². The fourth-order valence-electron chi connectivity index (χ4n) is 4.76. The number of aromatic nitrogens is 1. The van der Waals surface area contributed by atoms with Crippen LogP contribution >= 0.6 is 34.5 Å². The van der Waals surface area contributed by atoms with Crippen molar-refractivity contribution < 1.29 is 32.2 Å². The molecule has 0 aliphatic carbocycles. The summed E-state index contributed by atoms with van der Waals surface area (Å²) in [4.78, 5) is 30.4. The number of alkyl halides is 3. The van der Waals surface area contributed by atoms with Gasteiger partial charge in [-0.15, -0.1) is 0 Å². The van der Waals surface area contributed by atoms with Crippen LogP contribution in [-0.2, 0) is 16.1 Å². The Hall–Kier alpha value is -4.06. The van der Waals surface area contributed by atoms with Gasteiger partial charge in [-0.25, -0.2) is 9.79 Å². The summed E-state index contributed by atoms with van der Waals surface area (Å²) < 4.78 is 60.9. The van der Waals surface area contributed by atoms with E-state index in [0.717, 1.165) is 21.5 Å². The molecule has 0 fully saturated rings. The quantitative estimate of drug-likeness (QED) is 0.186. The molecular weight excluding hydrogens is 652 g/mol. The minimum absolute atomic E-state index is 0.0517. The molecule has 0 saturated carbocycles. The molecule has 1 aromatic heterocycles. The van der Waals surface area contributed by atoms with E-state index in [9.17, 15) is 22.8 Å². The average Bonchev–Trinajstić information content (AvgIpc) is 3.31. The van der Waals surface area contributed by atoms with Crippen LogP contribution in [0.1, 0.15) is 36.6 Å². The summed E-state index contributed by atoms with van der Waals surface area (Å²) in [5, 5.41) is 0.529. The van der Waals surface area contributed by atoms with Crippen LogP contribution in [0.5, 0.6) is 11.5 Å². The first-order chi connectivity index (χ1) is 21.5. The summed E-state index contributed by atoms with van der Waals surface area (Å²) in [5.74, 6) is -0.609. The number of thiazole rings is 1. The van der Waals surface area contributed by atoms with Gasteiger partial charge in [0.25, 0.3) is 5.56 Å². The van der Waals surface area contributed by atoms with Gasteiger partial charge in [0.15, 0.2) is 22.0 Å². The number of allylic oxidation sites excluding steroid dienone is 1. The number of esters is 1. The van der Waals surface area contributed by atoms with Crippen LogP contribution in [0, 0.1) is 0 Å². The Kier molecular flexibility index (Phi) is 9.71. The van der Waals surface area contributed by atoms with Crippen molar-refractivity contribution in [3.05, 3.63) is 124 Å². The molecule has 0 N–H and O–H groups in total. The van der Waals surface area contributed by atoms with Crippen molar-refractivity contribution in [3.8, 4) is 11.5 Å². The first-order valence-corrected chi connectivity index (χ1v) is 15.3. The Morgan fingerprint density at radius 2 is 1.73 bits per heavy atom. The molecular formula is C32H25Cl2F3N2O5S. The lowest BCUT2D eigenvalue weighted by Gasteiger charge is -2.26. The third-order valence-corrected chi connectivity index (χ3v) is 8.15. The van der Waals surface area contributed by atoms with Crippen LogP contribution in [0.3, 0.4) is 0 Å². The van der Waals surface area contributed by atoms with E-state index >= 15 is 0 Å². The lowest BCUT2D eigenvalue weighted by Crippen LogP contribution is -2.41. The van der Waals surface area contributed by atoms with Crippen LogP contribution in [-0.4, -0.2) is 29.9 Å². The molecule has 5 rings (SSSR count). The first-order valence-electron chi connectivity index (χ1n) is 13.7. The Labute approximate surface area is 269 Å². The molecule has 45 heavy (non-hydrogen) atoms. The van der Waals surface area contributed by atoms with Crippen molar-refractivity contribution in [1.29, 1.82) is 0 Å². The van der Waals surface area contributed by atoms with Crippen LogP contribution in [0.4, 0.5) is 13.2 Å². The van der Waals surface area contributed by atoms with Crippen molar-refractivity contribution in [1.82, 2.24) is 4.57 Å². The summed E-state index contributed by atoms with van der Waals surface area (Å²) in [6, 6.07) is 17.0. The number of carbonyl (C=O) groups excluding carboxylic acids is 1. The van der Waals surface area contributed by atoms with Crippen molar-refractivity contribution in [2.75, 3.05) is 13.2 Å². The molecule has 3 aromatic carbocycles. The maximum atomic E-state index is 14.4. The predicted molar refractivity (Wildman–Crippen MR) is 166 cm³/mol. The van der Waals surface area contributed by atoms with E-state index in [4.69, 9.17) is 37.4 Å². The maximum absolute atomic E-state index is 14.4. The number of nitrogens with zero attached hydrogens (tertiary/aromatic N) is 2. The molecule has 7 nitrogen and oxygen atoms in total. The van der Waals surface area contributed by atoms with E-state index in [2.05, 4.69) is 4.99 Å². The normalized spacial score (nSPS) is 15.0. The minimum Gasteiger partial charge on any atom is -0.490 e. The van der Waals surface area contributed by atoms with Crippen molar-refractivity contribution in [2.24, 2.45) is 4.99 Å². The molecule has 0 bridgehead atoms. The smallest absolute Gasteiger partial charge is 0.434 e. The fourth-order valence-corrected chi connectivity index (χ4v) is 6.16. The molecule has 0 unspecified atom stereocenters. The summed E-state index contributed by atoms with van der Waals surface area (Å²) >= 11 is 13.4. The molecule has 13 heteroatoms. The highest BCUT2D eigenvalue weighted by molar-refractivity contribution is 7.07. The molecule has 1 atom stereocenters. The third kappa shape index (κ3) is 6.95. The Morgan fingerprint density at radius 1 is 1.02 bits per heavy atom. The van der Waals surface area contributed by atoms with E-state index in [0.29, 0.717) is 28.7 Å². The highest BCUT2D eigenvalue weighted by Crippen LogP contribution is 2.39. The minimum atomic E-state index is -5.02. The SMILES string of the molecule is CCOC(=O)C1=C(C(F)(F)F)N=c2s/c(=C\c3cc(Cl)c(OCc4ccccc4)c(OCC)c3)c(=O)n2[C@H]1c1ccc(Cl)cc1. The highest BCUT2D eigenvalue weighted by Gasteiger charge is 2.45. The zero-order chi connectivity index (χ0) is 32.3. The van der Waals surface area contributed by atoms with E-state index in [1.54, 1.807) is 19.1 Å². The van der Waals surface area contributed by atoms with Gasteiger partial charge in [-0.2, -0.15) is 13.2 Å². The molecule has 0 radical (unpaired) electrons. The lowest BCUT2D eigenvalue weighted by molar-refractivity contribution is -0.140. The molecule has 234 valence electrons. The zero-order valence-corrected chi connectivity index (χ0v) is 26.2. The second-order valence-electron chi connectivity index (χ2n) is 9.65. The van der Waals surface area contributed by atoms with Crippen molar-refractivity contribution in [3.63, 3.8) is 0 Å². The molecule has 0 spiro atoms. The van der Waals surface area contributed by atoms with Gasteiger partial charge >= 0.3 is 12.1 Å². The number of benzene rings is 3. The number of ether oxygens (including phenoxy) is 3. The first kappa shape index (κ1) is 32.3. The van der Waals surface area contributed by atoms with Gasteiger partial charge in [0, 0.05) is 5.02 Å².